The van der Waals surface area contributed by atoms with Gasteiger partial charge in [0.15, 0.2) is 0 Å². The van der Waals surface area contributed by atoms with Crippen LogP contribution in [0.5, 0.6) is 0 Å². The van der Waals surface area contributed by atoms with Crippen LogP contribution < -0.4 is 16.4 Å². The molecule has 1 aromatic heterocycles. The lowest BCUT2D eigenvalue weighted by molar-refractivity contribution is -0.119. The second kappa shape index (κ2) is 8.75. The third-order valence-electron chi connectivity index (χ3n) is 2.49. The van der Waals surface area contributed by atoms with Gasteiger partial charge < -0.3 is 25.8 Å². The highest BCUT2D eigenvalue weighted by molar-refractivity contribution is 5.95. The number of hydrogen-bond donors (Lipinski definition) is 3. The molecule has 0 bridgehead atoms. The molecule has 0 saturated heterocycles. The monoisotopic (exact) mass is 296 g/mol. The molecule has 0 spiro atoms. The Kier molecular flexibility index (Phi) is 6.96. The van der Waals surface area contributed by atoms with Crippen LogP contribution in [0.3, 0.4) is 0 Å². The van der Waals surface area contributed by atoms with Gasteiger partial charge in [-0.25, -0.2) is 9.78 Å². The van der Waals surface area contributed by atoms with Crippen molar-refractivity contribution in [3.8, 4) is 0 Å². The van der Waals surface area contributed by atoms with Crippen molar-refractivity contribution >= 4 is 23.4 Å². The Balaban J connectivity index is 2.58. The topological polar surface area (TPSA) is 116 Å². The van der Waals surface area contributed by atoms with Crippen molar-refractivity contribution in [1.29, 1.82) is 0 Å². The summed E-state index contributed by atoms with van der Waals surface area (Å²) in [6.45, 7) is 2.87. The van der Waals surface area contributed by atoms with E-state index in [1.54, 1.807) is 14.0 Å². The molecule has 1 aromatic rings. The van der Waals surface area contributed by atoms with E-state index in [0.717, 1.165) is 0 Å². The minimum atomic E-state index is -0.523. The summed E-state index contributed by atoms with van der Waals surface area (Å²) in [5.74, 6) is -0.359. The van der Waals surface area contributed by atoms with Gasteiger partial charge in [0.2, 0.25) is 5.91 Å². The first-order valence-electron chi connectivity index (χ1n) is 6.50. The number of esters is 1. The van der Waals surface area contributed by atoms with Gasteiger partial charge in [-0.1, -0.05) is 0 Å². The standard InChI is InChI=1S/C13H20N4O4/c1-3-21-13(19)9-6-11(16-7-10(9)14)17-8-12(18)15-4-5-20-2/h6-7H,3-5,8,14H2,1-2H3,(H,15,18)(H,16,17). The van der Waals surface area contributed by atoms with E-state index in [9.17, 15) is 9.59 Å². The molecule has 0 radical (unpaired) electrons. The van der Waals surface area contributed by atoms with Crippen molar-refractivity contribution in [2.24, 2.45) is 0 Å². The largest absolute Gasteiger partial charge is 0.462 e. The molecular weight excluding hydrogens is 276 g/mol. The van der Waals surface area contributed by atoms with E-state index >= 15 is 0 Å². The normalized spacial score (nSPS) is 10.0. The number of anilines is 2. The average molecular weight is 296 g/mol. The Labute approximate surface area is 123 Å². The highest BCUT2D eigenvalue weighted by Gasteiger charge is 2.12. The maximum Gasteiger partial charge on any atom is 0.340 e. The molecule has 0 fully saturated rings. The number of methoxy groups -OCH3 is 1. The van der Waals surface area contributed by atoms with Gasteiger partial charge in [-0.2, -0.15) is 0 Å². The van der Waals surface area contributed by atoms with Crippen LogP contribution in [0.25, 0.3) is 0 Å². The van der Waals surface area contributed by atoms with Gasteiger partial charge in [-0.15, -0.1) is 0 Å². The zero-order valence-corrected chi connectivity index (χ0v) is 12.1. The lowest BCUT2D eigenvalue weighted by Gasteiger charge is -2.09. The van der Waals surface area contributed by atoms with Crippen molar-refractivity contribution in [2.75, 3.05) is 44.5 Å². The number of aromatic nitrogens is 1. The van der Waals surface area contributed by atoms with E-state index < -0.39 is 5.97 Å². The summed E-state index contributed by atoms with van der Waals surface area (Å²) >= 11 is 0. The number of rotatable bonds is 8. The summed E-state index contributed by atoms with van der Waals surface area (Å²) in [6.07, 6.45) is 1.34. The van der Waals surface area contributed by atoms with E-state index in [-0.39, 0.29) is 30.3 Å². The van der Waals surface area contributed by atoms with Crippen LogP contribution in [0.4, 0.5) is 11.5 Å². The summed E-state index contributed by atoms with van der Waals surface area (Å²) in [5.41, 5.74) is 6.12. The summed E-state index contributed by atoms with van der Waals surface area (Å²) in [6, 6.07) is 1.45. The van der Waals surface area contributed by atoms with Gasteiger partial charge in [-0.05, 0) is 13.0 Å². The second-order valence-corrected chi connectivity index (χ2v) is 4.07. The number of carbonyl (C=O) groups is 2. The molecule has 4 N–H and O–H groups in total. The Hall–Kier alpha value is -2.35. The molecule has 0 aromatic carbocycles. The first-order chi connectivity index (χ1) is 10.1. The van der Waals surface area contributed by atoms with Gasteiger partial charge in [0.25, 0.3) is 0 Å². The van der Waals surface area contributed by atoms with E-state index in [1.165, 1.54) is 12.3 Å². The van der Waals surface area contributed by atoms with Gasteiger partial charge in [-0.3, -0.25) is 4.79 Å². The molecule has 0 unspecified atom stereocenters. The zero-order valence-electron chi connectivity index (χ0n) is 12.1. The molecular formula is C13H20N4O4. The lowest BCUT2D eigenvalue weighted by atomic mass is 10.2. The number of nitrogens with one attached hydrogen (secondary N) is 2. The summed E-state index contributed by atoms with van der Waals surface area (Å²) in [4.78, 5) is 27.2. The summed E-state index contributed by atoms with van der Waals surface area (Å²) in [5, 5.41) is 5.46. The minimum absolute atomic E-state index is 0.0307. The number of nitrogens with two attached hydrogens (primary N) is 1. The first kappa shape index (κ1) is 16.7. The number of ether oxygens (including phenoxy) is 2. The van der Waals surface area contributed by atoms with Crippen LogP contribution >= 0.6 is 0 Å². The van der Waals surface area contributed by atoms with Gasteiger partial charge in [0.05, 0.1) is 37.2 Å². The van der Waals surface area contributed by atoms with Crippen LogP contribution in [0.1, 0.15) is 17.3 Å². The number of hydrogen-bond acceptors (Lipinski definition) is 7. The molecule has 1 heterocycles. The smallest absolute Gasteiger partial charge is 0.340 e. The second-order valence-electron chi connectivity index (χ2n) is 4.07. The number of carbonyl (C=O) groups excluding carboxylic acids is 2. The van der Waals surface area contributed by atoms with E-state index in [0.29, 0.717) is 19.0 Å². The highest BCUT2D eigenvalue weighted by atomic mass is 16.5. The molecule has 21 heavy (non-hydrogen) atoms. The zero-order chi connectivity index (χ0) is 15.7. The van der Waals surface area contributed by atoms with E-state index in [2.05, 4.69) is 15.6 Å². The minimum Gasteiger partial charge on any atom is -0.462 e. The number of nitrogen functional groups attached to an aromatic ring is 1. The SMILES string of the molecule is CCOC(=O)c1cc(NCC(=O)NCCOC)ncc1N. The molecule has 1 amide bonds. The van der Waals surface area contributed by atoms with Gasteiger partial charge in [0, 0.05) is 13.7 Å². The molecule has 8 heteroatoms. The van der Waals surface area contributed by atoms with E-state index in [1.807, 2.05) is 0 Å². The predicted molar refractivity (Wildman–Crippen MR) is 78.0 cm³/mol. The fourth-order valence-electron chi connectivity index (χ4n) is 1.47. The quantitative estimate of drug-likeness (QED) is 0.457. The Morgan fingerprint density at radius 2 is 2.19 bits per heavy atom. The molecule has 0 aliphatic heterocycles. The predicted octanol–water partition coefficient (Wildman–Crippen LogP) is 0.0150. The maximum absolute atomic E-state index is 11.7. The Morgan fingerprint density at radius 3 is 2.86 bits per heavy atom. The summed E-state index contributed by atoms with van der Waals surface area (Å²) < 4.78 is 9.71. The van der Waals surface area contributed by atoms with E-state index in [4.69, 9.17) is 15.2 Å². The number of amides is 1. The Morgan fingerprint density at radius 1 is 1.43 bits per heavy atom. The van der Waals surface area contributed by atoms with Gasteiger partial charge in [0.1, 0.15) is 5.82 Å². The van der Waals surface area contributed by atoms with Crippen LogP contribution in [0.15, 0.2) is 12.3 Å². The van der Waals surface area contributed by atoms with Gasteiger partial charge >= 0.3 is 5.97 Å². The molecule has 1 rings (SSSR count). The van der Waals surface area contributed by atoms with Crippen molar-refractivity contribution in [3.05, 3.63) is 17.8 Å². The maximum atomic E-state index is 11.7. The molecule has 0 aliphatic rings. The van der Waals surface area contributed by atoms with Crippen LogP contribution in [0.2, 0.25) is 0 Å². The third kappa shape index (κ3) is 5.65. The molecule has 0 aliphatic carbocycles. The fraction of sp³-hybridized carbons (Fsp3) is 0.462. The number of nitrogens with zero attached hydrogens (tertiary/aromatic N) is 1. The molecule has 8 nitrogen and oxygen atoms in total. The third-order valence-corrected chi connectivity index (χ3v) is 2.49. The Bertz CT molecular complexity index is 493. The van der Waals surface area contributed by atoms with Crippen LogP contribution in [-0.2, 0) is 14.3 Å². The lowest BCUT2D eigenvalue weighted by Crippen LogP contribution is -2.32. The van der Waals surface area contributed by atoms with Crippen molar-refractivity contribution in [2.45, 2.75) is 6.92 Å². The summed E-state index contributed by atoms with van der Waals surface area (Å²) in [7, 11) is 1.56. The average Bonchev–Trinajstić information content (AvgIpc) is 2.47. The first-order valence-corrected chi connectivity index (χ1v) is 6.50. The highest BCUT2D eigenvalue weighted by Crippen LogP contribution is 2.15. The van der Waals surface area contributed by atoms with Crippen LogP contribution in [-0.4, -0.2) is 50.3 Å². The van der Waals surface area contributed by atoms with Crippen molar-refractivity contribution < 1.29 is 19.1 Å². The van der Waals surface area contributed by atoms with Crippen molar-refractivity contribution in [3.63, 3.8) is 0 Å². The molecule has 116 valence electrons. The van der Waals surface area contributed by atoms with Crippen molar-refractivity contribution in [1.82, 2.24) is 10.3 Å². The van der Waals surface area contributed by atoms with Crippen LogP contribution in [0, 0.1) is 0 Å². The molecule has 0 saturated carbocycles. The molecule has 0 atom stereocenters. The number of pyridine rings is 1. The fourth-order valence-corrected chi connectivity index (χ4v) is 1.47.